The van der Waals surface area contributed by atoms with Crippen molar-refractivity contribution >= 4 is 60.0 Å². The number of rotatable bonds is 5. The van der Waals surface area contributed by atoms with E-state index in [9.17, 15) is 0 Å². The predicted molar refractivity (Wildman–Crippen MR) is 133 cm³/mol. The third-order valence-electron chi connectivity index (χ3n) is 5.25. The van der Waals surface area contributed by atoms with Gasteiger partial charge < -0.3 is 5.32 Å². The highest BCUT2D eigenvalue weighted by molar-refractivity contribution is 7.25. The molecule has 5 rings (SSSR count). The molecule has 0 bridgehead atoms. The van der Waals surface area contributed by atoms with Crippen LogP contribution in [0, 0.1) is 13.8 Å². The Labute approximate surface area is 187 Å². The number of aryl methyl sites for hydroxylation is 2. The maximum atomic E-state index is 4.65. The van der Waals surface area contributed by atoms with Gasteiger partial charge in [0.1, 0.15) is 5.01 Å². The third-order valence-corrected chi connectivity index (χ3v) is 8.65. The van der Waals surface area contributed by atoms with Crippen molar-refractivity contribution in [1.29, 1.82) is 0 Å². The second-order valence-electron chi connectivity index (χ2n) is 7.36. The van der Waals surface area contributed by atoms with E-state index in [0.29, 0.717) is 0 Å². The first kappa shape index (κ1) is 19.4. The molecule has 0 aliphatic rings. The van der Waals surface area contributed by atoms with E-state index in [-0.39, 0.29) is 0 Å². The Morgan fingerprint density at radius 1 is 1.13 bits per heavy atom. The first-order valence-corrected chi connectivity index (χ1v) is 12.2. The summed E-state index contributed by atoms with van der Waals surface area (Å²) in [7, 11) is 1.93. The van der Waals surface area contributed by atoms with E-state index >= 15 is 0 Å². The SMILES string of the molecule is C=C(NC)c1c(C)sc2cc(Cc3ccnc4cc(-c5nc(C)cs5)sc34)ccc12. The Balaban J connectivity index is 1.53. The van der Waals surface area contributed by atoms with Gasteiger partial charge in [-0.25, -0.2) is 4.98 Å². The van der Waals surface area contributed by atoms with Gasteiger partial charge in [0.25, 0.3) is 0 Å². The van der Waals surface area contributed by atoms with E-state index in [1.807, 2.05) is 31.5 Å². The average molecular weight is 448 g/mol. The number of aromatic nitrogens is 2. The summed E-state index contributed by atoms with van der Waals surface area (Å²) in [4.78, 5) is 11.7. The minimum Gasteiger partial charge on any atom is -0.388 e. The standard InChI is InChI=1S/C24H21N3S3/c1-13-12-28-24(27-13)21-11-19-23(30-21)17(7-8-26-19)9-16-5-6-18-20(10-16)29-15(3)22(18)14(2)25-4/h5-8,10-12,25H,2,9H2,1,3-4H3. The normalized spacial score (nSPS) is 11.4. The number of benzene rings is 1. The molecule has 0 unspecified atom stereocenters. The van der Waals surface area contributed by atoms with E-state index < -0.39 is 0 Å². The molecule has 0 spiro atoms. The van der Waals surface area contributed by atoms with Crippen LogP contribution in [0.2, 0.25) is 0 Å². The third kappa shape index (κ3) is 3.35. The summed E-state index contributed by atoms with van der Waals surface area (Å²) >= 11 is 5.33. The van der Waals surface area contributed by atoms with Crippen LogP contribution < -0.4 is 5.32 Å². The fourth-order valence-electron chi connectivity index (χ4n) is 3.80. The molecule has 0 saturated carbocycles. The molecule has 0 atom stereocenters. The van der Waals surface area contributed by atoms with Gasteiger partial charge in [0, 0.05) is 50.5 Å². The van der Waals surface area contributed by atoms with Gasteiger partial charge in [-0.05, 0) is 49.6 Å². The summed E-state index contributed by atoms with van der Waals surface area (Å²) in [5, 5.41) is 7.65. The van der Waals surface area contributed by atoms with Crippen LogP contribution in [0.25, 0.3) is 35.9 Å². The van der Waals surface area contributed by atoms with Gasteiger partial charge in [-0.15, -0.1) is 34.0 Å². The molecule has 5 aromatic rings. The fraction of sp³-hybridized carbons (Fsp3) is 0.167. The number of nitrogens with one attached hydrogen (secondary N) is 1. The van der Waals surface area contributed by atoms with Crippen molar-refractivity contribution in [2.45, 2.75) is 20.3 Å². The molecule has 30 heavy (non-hydrogen) atoms. The number of fused-ring (bicyclic) bond motifs is 2. The highest BCUT2D eigenvalue weighted by Crippen LogP contribution is 2.38. The van der Waals surface area contributed by atoms with E-state index in [2.05, 4.69) is 64.5 Å². The molecule has 0 fully saturated rings. The van der Waals surface area contributed by atoms with Crippen LogP contribution in [-0.4, -0.2) is 17.0 Å². The predicted octanol–water partition coefficient (Wildman–Crippen LogP) is 7.03. The van der Waals surface area contributed by atoms with Crippen LogP contribution in [-0.2, 0) is 6.42 Å². The lowest BCUT2D eigenvalue weighted by atomic mass is 10.0. The van der Waals surface area contributed by atoms with E-state index in [1.165, 1.54) is 41.2 Å². The summed E-state index contributed by atoms with van der Waals surface area (Å²) in [6, 6.07) is 11.1. The van der Waals surface area contributed by atoms with Crippen molar-refractivity contribution in [3.05, 3.63) is 75.7 Å². The van der Waals surface area contributed by atoms with Crippen molar-refractivity contribution in [3.63, 3.8) is 0 Å². The Morgan fingerprint density at radius 3 is 2.77 bits per heavy atom. The smallest absolute Gasteiger partial charge is 0.133 e. The molecule has 0 aliphatic heterocycles. The van der Waals surface area contributed by atoms with Crippen molar-refractivity contribution in [3.8, 4) is 9.88 Å². The van der Waals surface area contributed by atoms with Gasteiger partial charge >= 0.3 is 0 Å². The summed E-state index contributed by atoms with van der Waals surface area (Å²) in [5.74, 6) is 0. The topological polar surface area (TPSA) is 37.8 Å². The molecule has 1 aromatic carbocycles. The van der Waals surface area contributed by atoms with Crippen molar-refractivity contribution in [2.24, 2.45) is 0 Å². The summed E-state index contributed by atoms with van der Waals surface area (Å²) in [6.45, 7) is 8.37. The van der Waals surface area contributed by atoms with Gasteiger partial charge in [0.15, 0.2) is 0 Å². The molecule has 4 heterocycles. The lowest BCUT2D eigenvalue weighted by Gasteiger charge is -2.06. The average Bonchev–Trinajstić information content (AvgIpc) is 3.43. The fourth-order valence-corrected chi connectivity index (χ4v) is 6.94. The van der Waals surface area contributed by atoms with Crippen molar-refractivity contribution < 1.29 is 0 Å². The highest BCUT2D eigenvalue weighted by atomic mass is 32.1. The summed E-state index contributed by atoms with van der Waals surface area (Å²) < 4.78 is 2.57. The first-order chi connectivity index (χ1) is 14.5. The lowest BCUT2D eigenvalue weighted by molar-refractivity contribution is 1.13. The Kier molecular flexibility index (Phi) is 4.93. The van der Waals surface area contributed by atoms with Crippen LogP contribution in [0.4, 0.5) is 0 Å². The number of thiazole rings is 1. The van der Waals surface area contributed by atoms with Crippen molar-refractivity contribution in [1.82, 2.24) is 15.3 Å². The molecule has 6 heteroatoms. The minimum absolute atomic E-state index is 0.894. The monoisotopic (exact) mass is 447 g/mol. The maximum absolute atomic E-state index is 4.65. The molecular formula is C24H21N3S3. The van der Waals surface area contributed by atoms with Gasteiger partial charge in [0.05, 0.1) is 15.1 Å². The molecule has 4 aromatic heterocycles. The molecule has 0 saturated heterocycles. The Bertz CT molecular complexity index is 1400. The molecule has 0 aliphatic carbocycles. The van der Waals surface area contributed by atoms with Crippen LogP contribution >= 0.6 is 34.0 Å². The van der Waals surface area contributed by atoms with Gasteiger partial charge in [-0.3, -0.25) is 4.98 Å². The zero-order valence-electron chi connectivity index (χ0n) is 17.1. The van der Waals surface area contributed by atoms with Gasteiger partial charge in [-0.1, -0.05) is 18.7 Å². The van der Waals surface area contributed by atoms with Crippen LogP contribution in [0.15, 0.2) is 48.5 Å². The van der Waals surface area contributed by atoms with Gasteiger partial charge in [-0.2, -0.15) is 0 Å². The zero-order chi connectivity index (χ0) is 20.8. The summed E-state index contributed by atoms with van der Waals surface area (Å²) in [6.07, 6.45) is 2.81. The minimum atomic E-state index is 0.894. The largest absolute Gasteiger partial charge is 0.388 e. The number of hydrogen-bond acceptors (Lipinski definition) is 6. The lowest BCUT2D eigenvalue weighted by Crippen LogP contribution is -2.03. The van der Waals surface area contributed by atoms with E-state index in [4.69, 9.17) is 0 Å². The molecule has 0 amide bonds. The summed E-state index contributed by atoms with van der Waals surface area (Å²) in [5.41, 5.74) is 6.97. The zero-order valence-corrected chi connectivity index (χ0v) is 19.5. The van der Waals surface area contributed by atoms with Crippen LogP contribution in [0.1, 0.15) is 27.3 Å². The highest BCUT2D eigenvalue weighted by Gasteiger charge is 2.14. The Morgan fingerprint density at radius 2 is 2.00 bits per heavy atom. The number of pyridine rings is 1. The second kappa shape index (κ2) is 7.61. The molecule has 3 nitrogen and oxygen atoms in total. The number of nitrogens with zero attached hydrogens (tertiary/aromatic N) is 2. The maximum Gasteiger partial charge on any atom is 0.133 e. The number of hydrogen-bond donors (Lipinski definition) is 1. The molecule has 1 N–H and O–H groups in total. The van der Waals surface area contributed by atoms with Crippen molar-refractivity contribution in [2.75, 3.05) is 7.05 Å². The quantitative estimate of drug-likeness (QED) is 0.314. The van der Waals surface area contributed by atoms with Crippen LogP contribution in [0.3, 0.4) is 0 Å². The Hall–Kier alpha value is -2.54. The van der Waals surface area contributed by atoms with Gasteiger partial charge in [0.2, 0.25) is 0 Å². The van der Waals surface area contributed by atoms with E-state index in [1.54, 1.807) is 22.7 Å². The van der Waals surface area contributed by atoms with E-state index in [0.717, 1.165) is 28.3 Å². The molecule has 0 radical (unpaired) electrons. The number of thiophene rings is 2. The second-order valence-corrected chi connectivity index (χ2v) is 10.5. The van der Waals surface area contributed by atoms with Crippen LogP contribution in [0.5, 0.6) is 0 Å². The molecular weight excluding hydrogens is 426 g/mol. The molecule has 150 valence electrons. The first-order valence-electron chi connectivity index (χ1n) is 9.72.